The molecule has 1 aromatic rings. The van der Waals surface area contributed by atoms with Crippen molar-refractivity contribution in [3.63, 3.8) is 0 Å². The molecule has 2 aliphatic rings. The van der Waals surface area contributed by atoms with Crippen LogP contribution >= 0.6 is 7.28 Å². The van der Waals surface area contributed by atoms with Crippen molar-refractivity contribution in [3.8, 4) is 0 Å². The Morgan fingerprint density at radius 3 is 2.39 bits per heavy atom. The Morgan fingerprint density at radius 2 is 1.83 bits per heavy atom. The summed E-state index contributed by atoms with van der Waals surface area (Å²) in [6.07, 6.45) is 3.78. The Bertz CT molecular complexity index is 518. The van der Waals surface area contributed by atoms with Crippen molar-refractivity contribution in [1.82, 2.24) is 0 Å². The number of allylic oxidation sites excluding steroid dienone is 1. The maximum atomic E-state index is 6.11. The normalized spacial score (nSPS) is 29.9. The average molecular weight is 266 g/mol. The zero-order valence-corrected chi connectivity index (χ0v) is 11.9. The fourth-order valence-corrected chi connectivity index (χ4v) is 6.71. The SMILES string of the molecule is Cc1ccc(P23(OC=CC2C)OCCO3)cc1C. The van der Waals surface area contributed by atoms with Gasteiger partial charge in [0.05, 0.1) is 0 Å². The molecule has 0 amide bonds. The first-order valence-electron chi connectivity index (χ1n) is 6.32. The Labute approximate surface area is 108 Å². The predicted octanol–water partition coefficient (Wildman–Crippen LogP) is 3.21. The van der Waals surface area contributed by atoms with Gasteiger partial charge in [-0.3, -0.25) is 0 Å². The van der Waals surface area contributed by atoms with Gasteiger partial charge in [0.25, 0.3) is 0 Å². The van der Waals surface area contributed by atoms with Crippen molar-refractivity contribution in [1.29, 1.82) is 0 Å². The van der Waals surface area contributed by atoms with E-state index in [9.17, 15) is 0 Å². The summed E-state index contributed by atoms with van der Waals surface area (Å²) in [4.78, 5) is 0. The molecule has 1 fully saturated rings. The van der Waals surface area contributed by atoms with Crippen molar-refractivity contribution >= 4 is 12.6 Å². The van der Waals surface area contributed by atoms with Crippen molar-refractivity contribution in [3.05, 3.63) is 41.7 Å². The molecule has 2 aliphatic heterocycles. The van der Waals surface area contributed by atoms with E-state index in [-0.39, 0.29) is 5.66 Å². The number of hydrogen-bond donors (Lipinski definition) is 0. The van der Waals surface area contributed by atoms with Gasteiger partial charge < -0.3 is 0 Å². The summed E-state index contributed by atoms with van der Waals surface area (Å²) < 4.78 is 18.2. The van der Waals surface area contributed by atoms with Gasteiger partial charge in [0, 0.05) is 0 Å². The standard InChI is InChI=1S/C14H19O3P/c1-11-4-5-14(10-12(11)2)18(16-8-9-17-18)13(3)6-7-15-18/h4-7,10,13H,8-9H2,1-3H3. The fraction of sp³-hybridized carbons (Fsp3) is 0.429. The third-order valence-corrected chi connectivity index (χ3v) is 8.68. The van der Waals surface area contributed by atoms with E-state index in [1.807, 2.05) is 6.08 Å². The average Bonchev–Trinajstić information content (AvgIpc) is 2.93. The van der Waals surface area contributed by atoms with Crippen LogP contribution in [0.5, 0.6) is 0 Å². The first-order chi connectivity index (χ1) is 8.57. The van der Waals surface area contributed by atoms with Gasteiger partial charge in [-0.15, -0.1) is 0 Å². The Morgan fingerprint density at radius 1 is 1.11 bits per heavy atom. The molecule has 1 aromatic carbocycles. The van der Waals surface area contributed by atoms with Crippen molar-refractivity contribution < 1.29 is 13.6 Å². The van der Waals surface area contributed by atoms with Gasteiger partial charge in [-0.05, 0) is 0 Å². The molecule has 0 saturated carbocycles. The van der Waals surface area contributed by atoms with Gasteiger partial charge >= 0.3 is 107 Å². The molecule has 2 heterocycles. The summed E-state index contributed by atoms with van der Waals surface area (Å²) >= 11 is 0. The molecule has 0 radical (unpaired) electrons. The van der Waals surface area contributed by atoms with Crippen LogP contribution in [0.2, 0.25) is 0 Å². The van der Waals surface area contributed by atoms with E-state index >= 15 is 0 Å². The molecule has 98 valence electrons. The molecule has 0 bridgehead atoms. The van der Waals surface area contributed by atoms with Crippen LogP contribution in [0.25, 0.3) is 0 Å². The molecule has 1 saturated heterocycles. The van der Waals surface area contributed by atoms with E-state index in [2.05, 4.69) is 39.0 Å². The van der Waals surface area contributed by atoms with Crippen LogP contribution in [0.4, 0.5) is 0 Å². The second-order valence-corrected chi connectivity index (χ2v) is 9.00. The first kappa shape index (κ1) is 12.2. The summed E-state index contributed by atoms with van der Waals surface area (Å²) in [5.74, 6) is 0. The van der Waals surface area contributed by atoms with E-state index in [0.29, 0.717) is 13.2 Å². The maximum absolute atomic E-state index is 6.11. The summed E-state index contributed by atoms with van der Waals surface area (Å²) in [5.41, 5.74) is 2.67. The number of aryl methyl sites for hydroxylation is 2. The quantitative estimate of drug-likeness (QED) is 0.730. The van der Waals surface area contributed by atoms with Crippen LogP contribution < -0.4 is 5.30 Å². The van der Waals surface area contributed by atoms with E-state index in [1.165, 1.54) is 11.1 Å². The Hall–Kier alpha value is -0.890. The van der Waals surface area contributed by atoms with Crippen molar-refractivity contribution in [2.45, 2.75) is 26.4 Å². The molecule has 3 nitrogen and oxygen atoms in total. The van der Waals surface area contributed by atoms with E-state index in [4.69, 9.17) is 13.6 Å². The van der Waals surface area contributed by atoms with Crippen molar-refractivity contribution in [2.75, 3.05) is 13.2 Å². The molecule has 3 rings (SSSR count). The van der Waals surface area contributed by atoms with Crippen LogP contribution in [-0.4, -0.2) is 18.9 Å². The van der Waals surface area contributed by atoms with Gasteiger partial charge in [0.15, 0.2) is 0 Å². The molecular formula is C14H19O3P. The first-order valence-corrected chi connectivity index (χ1v) is 8.38. The minimum absolute atomic E-state index is 0.153. The third kappa shape index (κ3) is 1.36. The summed E-state index contributed by atoms with van der Waals surface area (Å²) in [7, 11) is -3.15. The van der Waals surface area contributed by atoms with Crippen LogP contribution in [0, 0.1) is 13.8 Å². The molecule has 1 atom stereocenters. The minimum atomic E-state index is -3.15. The van der Waals surface area contributed by atoms with E-state index in [1.54, 1.807) is 6.26 Å². The second kappa shape index (κ2) is 3.80. The van der Waals surface area contributed by atoms with Gasteiger partial charge in [-0.2, -0.15) is 0 Å². The van der Waals surface area contributed by atoms with E-state index < -0.39 is 7.28 Å². The molecule has 1 spiro atoms. The third-order valence-electron chi connectivity index (χ3n) is 4.03. The van der Waals surface area contributed by atoms with Gasteiger partial charge in [0.2, 0.25) is 0 Å². The molecule has 0 aromatic heterocycles. The number of rotatable bonds is 1. The van der Waals surface area contributed by atoms with Gasteiger partial charge in [-0.1, -0.05) is 0 Å². The zero-order valence-electron chi connectivity index (χ0n) is 11.1. The predicted molar refractivity (Wildman–Crippen MR) is 74.1 cm³/mol. The second-order valence-electron chi connectivity index (χ2n) is 5.05. The Kier molecular flexibility index (Phi) is 2.57. The zero-order chi connectivity index (χ0) is 12.8. The molecule has 18 heavy (non-hydrogen) atoms. The number of hydrogen-bond acceptors (Lipinski definition) is 3. The summed E-state index contributed by atoms with van der Waals surface area (Å²) in [6.45, 7) is 7.55. The summed E-state index contributed by atoms with van der Waals surface area (Å²) in [5, 5.41) is 1.07. The fourth-order valence-electron chi connectivity index (χ4n) is 2.68. The van der Waals surface area contributed by atoms with Gasteiger partial charge in [-0.25, -0.2) is 0 Å². The number of benzene rings is 1. The van der Waals surface area contributed by atoms with Crippen molar-refractivity contribution in [2.24, 2.45) is 0 Å². The van der Waals surface area contributed by atoms with Gasteiger partial charge in [0.1, 0.15) is 0 Å². The molecular weight excluding hydrogens is 247 g/mol. The molecule has 0 aliphatic carbocycles. The molecule has 1 unspecified atom stereocenters. The topological polar surface area (TPSA) is 27.7 Å². The molecule has 4 heteroatoms. The molecule has 0 N–H and O–H groups in total. The summed E-state index contributed by atoms with van der Waals surface area (Å²) in [6, 6.07) is 6.36. The van der Waals surface area contributed by atoms with E-state index in [0.717, 1.165) is 5.30 Å². The monoisotopic (exact) mass is 266 g/mol. The van der Waals surface area contributed by atoms with Crippen LogP contribution in [0.15, 0.2) is 30.5 Å². The Balaban J connectivity index is 2.19. The van der Waals surface area contributed by atoms with Crippen LogP contribution in [0.3, 0.4) is 0 Å². The van der Waals surface area contributed by atoms with Crippen LogP contribution in [0.1, 0.15) is 18.1 Å². The van der Waals surface area contributed by atoms with Crippen LogP contribution in [-0.2, 0) is 13.6 Å².